The first-order valence-corrected chi connectivity index (χ1v) is 7.05. The second-order valence-electron chi connectivity index (χ2n) is 4.56. The predicted octanol–water partition coefficient (Wildman–Crippen LogP) is 2.80. The van der Waals surface area contributed by atoms with Gasteiger partial charge in [0.05, 0.1) is 11.7 Å². The standard InChI is InChI=1S/C15H14BrFN2O2/c16-11-2-1-3-12(17)14(11)19-15(21)13(18)8-9-4-6-10(20)7-5-9/h1-7,13,20H,8,18H2,(H,19,21)/t13-/m0/s1. The van der Waals surface area contributed by atoms with Crippen molar-refractivity contribution < 1.29 is 14.3 Å². The van der Waals surface area contributed by atoms with Crippen LogP contribution in [0.25, 0.3) is 0 Å². The number of amides is 1. The van der Waals surface area contributed by atoms with E-state index in [9.17, 15) is 14.3 Å². The van der Waals surface area contributed by atoms with Crippen LogP contribution in [-0.2, 0) is 11.2 Å². The molecule has 0 unspecified atom stereocenters. The van der Waals surface area contributed by atoms with Gasteiger partial charge in [-0.05, 0) is 52.2 Å². The highest BCUT2D eigenvalue weighted by Gasteiger charge is 2.17. The minimum Gasteiger partial charge on any atom is -0.508 e. The van der Waals surface area contributed by atoms with Crippen molar-refractivity contribution in [2.75, 3.05) is 5.32 Å². The number of phenols is 1. The van der Waals surface area contributed by atoms with Crippen LogP contribution in [0.3, 0.4) is 0 Å². The second kappa shape index (κ2) is 6.69. The molecule has 0 fully saturated rings. The van der Waals surface area contributed by atoms with E-state index in [0.29, 0.717) is 4.47 Å². The molecule has 0 bridgehead atoms. The molecule has 0 heterocycles. The summed E-state index contributed by atoms with van der Waals surface area (Å²) < 4.78 is 14.1. The van der Waals surface area contributed by atoms with Gasteiger partial charge in [0, 0.05) is 4.47 Å². The third kappa shape index (κ3) is 4.03. The molecule has 2 aromatic rings. The van der Waals surface area contributed by atoms with Gasteiger partial charge in [-0.15, -0.1) is 0 Å². The Morgan fingerprint density at radius 2 is 1.95 bits per heavy atom. The Morgan fingerprint density at radius 1 is 1.29 bits per heavy atom. The van der Waals surface area contributed by atoms with E-state index in [2.05, 4.69) is 21.2 Å². The first-order chi connectivity index (χ1) is 9.97. The zero-order valence-electron chi connectivity index (χ0n) is 11.0. The lowest BCUT2D eigenvalue weighted by Gasteiger charge is -2.14. The number of halogens is 2. The Labute approximate surface area is 129 Å². The molecular formula is C15H14BrFN2O2. The van der Waals surface area contributed by atoms with Crippen LogP contribution in [0.5, 0.6) is 5.75 Å². The first-order valence-electron chi connectivity index (χ1n) is 6.25. The maximum Gasteiger partial charge on any atom is 0.241 e. The summed E-state index contributed by atoms with van der Waals surface area (Å²) in [7, 11) is 0. The van der Waals surface area contributed by atoms with Crippen LogP contribution in [-0.4, -0.2) is 17.1 Å². The van der Waals surface area contributed by atoms with Crippen LogP contribution in [0.2, 0.25) is 0 Å². The highest BCUT2D eigenvalue weighted by Crippen LogP contribution is 2.25. The number of aromatic hydroxyl groups is 1. The maximum atomic E-state index is 13.6. The molecule has 0 spiro atoms. The fourth-order valence-corrected chi connectivity index (χ4v) is 2.25. The van der Waals surface area contributed by atoms with Gasteiger partial charge in [-0.3, -0.25) is 4.79 Å². The lowest BCUT2D eigenvalue weighted by atomic mass is 10.1. The van der Waals surface area contributed by atoms with Crippen molar-refractivity contribution in [1.29, 1.82) is 0 Å². The summed E-state index contributed by atoms with van der Waals surface area (Å²) in [5.41, 5.74) is 6.70. The Kier molecular flexibility index (Phi) is 4.93. The summed E-state index contributed by atoms with van der Waals surface area (Å²) in [6.45, 7) is 0. The van der Waals surface area contributed by atoms with Gasteiger partial charge in [-0.1, -0.05) is 18.2 Å². The number of phenolic OH excluding ortho intramolecular Hbond substituents is 1. The van der Waals surface area contributed by atoms with Crippen LogP contribution < -0.4 is 11.1 Å². The molecule has 0 aromatic heterocycles. The topological polar surface area (TPSA) is 75.3 Å². The van der Waals surface area contributed by atoms with Crippen molar-refractivity contribution in [3.05, 3.63) is 58.3 Å². The molecular weight excluding hydrogens is 339 g/mol. The molecule has 4 nitrogen and oxygen atoms in total. The fraction of sp³-hybridized carbons (Fsp3) is 0.133. The maximum absolute atomic E-state index is 13.6. The molecule has 2 rings (SSSR count). The lowest BCUT2D eigenvalue weighted by molar-refractivity contribution is -0.117. The average molecular weight is 353 g/mol. The summed E-state index contributed by atoms with van der Waals surface area (Å²) in [4.78, 5) is 12.0. The summed E-state index contributed by atoms with van der Waals surface area (Å²) in [6.07, 6.45) is 0.290. The van der Waals surface area contributed by atoms with Crippen molar-refractivity contribution >= 4 is 27.5 Å². The molecule has 1 atom stereocenters. The molecule has 4 N–H and O–H groups in total. The molecule has 110 valence electrons. The van der Waals surface area contributed by atoms with E-state index in [1.807, 2.05) is 0 Å². The van der Waals surface area contributed by atoms with Gasteiger partial charge in [-0.25, -0.2) is 4.39 Å². The predicted molar refractivity (Wildman–Crippen MR) is 82.5 cm³/mol. The van der Waals surface area contributed by atoms with E-state index in [4.69, 9.17) is 5.73 Å². The third-order valence-corrected chi connectivity index (χ3v) is 3.60. The zero-order valence-corrected chi connectivity index (χ0v) is 12.6. The number of para-hydroxylation sites is 1. The number of anilines is 1. The molecule has 0 aliphatic carbocycles. The average Bonchev–Trinajstić information content (AvgIpc) is 2.45. The minimum atomic E-state index is -0.818. The second-order valence-corrected chi connectivity index (χ2v) is 5.42. The molecule has 0 saturated carbocycles. The largest absolute Gasteiger partial charge is 0.508 e. The number of nitrogens with one attached hydrogen (secondary N) is 1. The van der Waals surface area contributed by atoms with E-state index in [-0.39, 0.29) is 17.9 Å². The summed E-state index contributed by atoms with van der Waals surface area (Å²) in [5, 5.41) is 11.7. The number of hydrogen-bond acceptors (Lipinski definition) is 3. The van der Waals surface area contributed by atoms with Crippen LogP contribution >= 0.6 is 15.9 Å². The number of nitrogens with two attached hydrogens (primary N) is 1. The van der Waals surface area contributed by atoms with Crippen LogP contribution in [0.1, 0.15) is 5.56 Å². The van der Waals surface area contributed by atoms with Gasteiger partial charge in [0.2, 0.25) is 5.91 Å². The Hall–Kier alpha value is -1.92. The monoisotopic (exact) mass is 352 g/mol. The zero-order chi connectivity index (χ0) is 15.4. The fourth-order valence-electron chi connectivity index (χ4n) is 1.81. The molecule has 6 heteroatoms. The van der Waals surface area contributed by atoms with Gasteiger partial charge in [0.25, 0.3) is 0 Å². The molecule has 2 aromatic carbocycles. The number of carbonyl (C=O) groups is 1. The number of rotatable bonds is 4. The number of benzene rings is 2. The van der Waals surface area contributed by atoms with Gasteiger partial charge in [0.1, 0.15) is 11.6 Å². The molecule has 0 aliphatic heterocycles. The molecule has 21 heavy (non-hydrogen) atoms. The quantitative estimate of drug-likeness (QED) is 0.791. The highest BCUT2D eigenvalue weighted by atomic mass is 79.9. The summed E-state index contributed by atoms with van der Waals surface area (Å²) >= 11 is 3.18. The lowest BCUT2D eigenvalue weighted by Crippen LogP contribution is -2.37. The Balaban J connectivity index is 2.04. The van der Waals surface area contributed by atoms with E-state index in [1.165, 1.54) is 24.3 Å². The van der Waals surface area contributed by atoms with E-state index < -0.39 is 17.8 Å². The van der Waals surface area contributed by atoms with E-state index >= 15 is 0 Å². The minimum absolute atomic E-state index is 0.0728. The van der Waals surface area contributed by atoms with Crippen molar-refractivity contribution in [3.8, 4) is 5.75 Å². The summed E-state index contributed by atoms with van der Waals surface area (Å²) in [5.74, 6) is -0.865. The number of hydrogen-bond donors (Lipinski definition) is 3. The third-order valence-electron chi connectivity index (χ3n) is 2.94. The van der Waals surface area contributed by atoms with Crippen LogP contribution in [0.4, 0.5) is 10.1 Å². The van der Waals surface area contributed by atoms with E-state index in [1.54, 1.807) is 18.2 Å². The summed E-state index contributed by atoms with van der Waals surface area (Å²) in [6, 6.07) is 10.0. The van der Waals surface area contributed by atoms with Crippen molar-refractivity contribution in [3.63, 3.8) is 0 Å². The Bertz CT molecular complexity index is 626. The van der Waals surface area contributed by atoms with Crippen molar-refractivity contribution in [2.45, 2.75) is 12.5 Å². The SMILES string of the molecule is N[C@@H](Cc1ccc(O)cc1)C(=O)Nc1c(F)cccc1Br. The smallest absolute Gasteiger partial charge is 0.241 e. The highest BCUT2D eigenvalue weighted by molar-refractivity contribution is 9.10. The van der Waals surface area contributed by atoms with E-state index in [0.717, 1.165) is 5.56 Å². The van der Waals surface area contributed by atoms with Gasteiger partial charge >= 0.3 is 0 Å². The van der Waals surface area contributed by atoms with Gasteiger partial charge in [0.15, 0.2) is 0 Å². The Morgan fingerprint density at radius 3 is 2.57 bits per heavy atom. The molecule has 1 amide bonds. The number of carbonyl (C=O) groups excluding carboxylic acids is 1. The van der Waals surface area contributed by atoms with Gasteiger partial charge < -0.3 is 16.2 Å². The molecule has 0 saturated heterocycles. The van der Waals surface area contributed by atoms with Crippen LogP contribution in [0.15, 0.2) is 46.9 Å². The normalized spacial score (nSPS) is 12.0. The van der Waals surface area contributed by atoms with Crippen LogP contribution in [0, 0.1) is 5.82 Å². The molecule has 0 aliphatic rings. The molecule has 0 radical (unpaired) electrons. The van der Waals surface area contributed by atoms with Gasteiger partial charge in [-0.2, -0.15) is 0 Å². The van der Waals surface area contributed by atoms with Crippen molar-refractivity contribution in [2.24, 2.45) is 5.73 Å². The first kappa shape index (κ1) is 15.5. The van der Waals surface area contributed by atoms with Crippen molar-refractivity contribution in [1.82, 2.24) is 0 Å².